The Morgan fingerprint density at radius 1 is 1.07 bits per heavy atom. The zero-order chi connectivity index (χ0) is 29.1. The number of likely N-dealkylation sites (N-methyl/N-ethyl adjacent to an activating group) is 1. The molecule has 0 spiro atoms. The van der Waals surface area contributed by atoms with E-state index in [1.807, 2.05) is 25.1 Å². The van der Waals surface area contributed by atoms with Gasteiger partial charge in [-0.15, -0.1) is 0 Å². The van der Waals surface area contributed by atoms with Gasteiger partial charge in [0.05, 0.1) is 0 Å². The SMILES string of the molecule is CNC(=O)C1(N2CC(C)NC2=O)CCc2ccc(NC(=O)[C@@H](NC(=O)c3ccnn3C)C3CCCCC3)cc2CC1. The average Bonchev–Trinajstić information content (AvgIpc) is 3.50. The maximum atomic E-state index is 13.7. The zero-order valence-electron chi connectivity index (χ0n) is 24.2. The number of fused-ring (bicyclic) bond motifs is 1. The summed E-state index contributed by atoms with van der Waals surface area (Å²) in [6.45, 7) is 2.42. The highest BCUT2D eigenvalue weighted by molar-refractivity contribution is 6.00. The largest absolute Gasteiger partial charge is 0.357 e. The highest BCUT2D eigenvalue weighted by Crippen LogP contribution is 2.36. The second kappa shape index (κ2) is 11.9. The molecule has 2 heterocycles. The third kappa shape index (κ3) is 5.80. The van der Waals surface area contributed by atoms with Gasteiger partial charge in [0.2, 0.25) is 11.8 Å². The monoisotopic (exact) mass is 563 g/mol. The zero-order valence-corrected chi connectivity index (χ0v) is 24.2. The van der Waals surface area contributed by atoms with Crippen LogP contribution < -0.4 is 21.3 Å². The molecule has 0 radical (unpaired) electrons. The van der Waals surface area contributed by atoms with Crippen LogP contribution >= 0.6 is 0 Å². The van der Waals surface area contributed by atoms with Crippen LogP contribution in [0.25, 0.3) is 0 Å². The molecule has 1 aromatic heterocycles. The number of anilines is 1. The predicted octanol–water partition coefficient (Wildman–Crippen LogP) is 2.51. The Morgan fingerprint density at radius 3 is 2.44 bits per heavy atom. The lowest BCUT2D eigenvalue weighted by Crippen LogP contribution is -2.59. The lowest BCUT2D eigenvalue weighted by atomic mass is 9.83. The number of hydrogen-bond acceptors (Lipinski definition) is 5. The molecule has 41 heavy (non-hydrogen) atoms. The molecule has 3 atom stereocenters. The molecule has 5 rings (SSSR count). The van der Waals surface area contributed by atoms with Crippen LogP contribution in [0, 0.1) is 5.92 Å². The van der Waals surface area contributed by atoms with Gasteiger partial charge in [-0.3, -0.25) is 19.1 Å². The lowest BCUT2D eigenvalue weighted by molar-refractivity contribution is -0.132. The normalized spacial score (nSPS) is 23.6. The molecular formula is C30H41N7O4. The van der Waals surface area contributed by atoms with Gasteiger partial charge in [0, 0.05) is 38.6 Å². The molecule has 11 nitrogen and oxygen atoms in total. The van der Waals surface area contributed by atoms with Crippen molar-refractivity contribution < 1.29 is 19.2 Å². The number of aromatic nitrogens is 2. The molecule has 4 N–H and O–H groups in total. The number of rotatable bonds is 7. The molecule has 11 heteroatoms. The number of carbonyl (C=O) groups is 4. The summed E-state index contributed by atoms with van der Waals surface area (Å²) < 4.78 is 1.50. The standard InChI is InChI=1S/C30H41N7O4/c1-19-18-37(29(41)33-19)30(28(40)31-2)14-11-20-9-10-23(17-22(20)12-15-30)34-27(39)25(21-7-5-4-6-8-21)35-26(38)24-13-16-32-36(24)3/h9-10,13,16-17,19,21,25H,4-8,11-12,14-15,18H2,1-3H3,(H,31,40)(H,33,41)(H,34,39)(H,35,38)/t19?,25-,30?/m0/s1. The molecule has 1 saturated carbocycles. The van der Waals surface area contributed by atoms with Crippen molar-refractivity contribution in [3.05, 3.63) is 47.3 Å². The van der Waals surface area contributed by atoms with Crippen molar-refractivity contribution >= 4 is 29.4 Å². The van der Waals surface area contributed by atoms with E-state index in [0.717, 1.165) is 43.2 Å². The van der Waals surface area contributed by atoms with Crippen molar-refractivity contribution in [1.82, 2.24) is 30.6 Å². The van der Waals surface area contributed by atoms with Crippen LogP contribution in [0.2, 0.25) is 0 Å². The molecule has 1 saturated heterocycles. The first kappa shape index (κ1) is 28.6. The van der Waals surface area contributed by atoms with Gasteiger partial charge in [-0.2, -0.15) is 5.10 Å². The van der Waals surface area contributed by atoms with Crippen LogP contribution in [0.5, 0.6) is 0 Å². The Kier molecular flexibility index (Phi) is 8.32. The van der Waals surface area contributed by atoms with Crippen molar-refractivity contribution in [3.8, 4) is 0 Å². The van der Waals surface area contributed by atoms with Crippen LogP contribution in [-0.2, 0) is 29.5 Å². The van der Waals surface area contributed by atoms with Crippen LogP contribution in [0.1, 0.15) is 73.5 Å². The number of urea groups is 1. The van der Waals surface area contributed by atoms with E-state index in [4.69, 9.17) is 0 Å². The van der Waals surface area contributed by atoms with Crippen molar-refractivity contribution in [3.63, 3.8) is 0 Å². The second-order valence-electron chi connectivity index (χ2n) is 11.7. The van der Waals surface area contributed by atoms with Gasteiger partial charge in [0.15, 0.2) is 0 Å². The molecule has 2 unspecified atom stereocenters. The van der Waals surface area contributed by atoms with E-state index < -0.39 is 11.6 Å². The Hall–Kier alpha value is -3.89. The maximum absolute atomic E-state index is 13.7. The molecule has 3 aliphatic rings. The minimum Gasteiger partial charge on any atom is -0.357 e. The van der Waals surface area contributed by atoms with E-state index in [1.165, 1.54) is 4.68 Å². The molecule has 2 aromatic rings. The fourth-order valence-corrected chi connectivity index (χ4v) is 6.80. The van der Waals surface area contributed by atoms with Crippen molar-refractivity contribution in [1.29, 1.82) is 0 Å². The fourth-order valence-electron chi connectivity index (χ4n) is 6.80. The molecule has 1 aromatic carbocycles. The number of aryl methyl sites for hydroxylation is 3. The number of nitrogens with one attached hydrogen (secondary N) is 4. The number of hydrogen-bond donors (Lipinski definition) is 4. The lowest BCUT2D eigenvalue weighted by Gasteiger charge is -2.39. The van der Waals surface area contributed by atoms with E-state index in [9.17, 15) is 19.2 Å². The quantitative estimate of drug-likeness (QED) is 0.384. The summed E-state index contributed by atoms with van der Waals surface area (Å²) >= 11 is 0. The fraction of sp³-hybridized carbons (Fsp3) is 0.567. The van der Waals surface area contributed by atoms with E-state index in [2.05, 4.69) is 26.4 Å². The predicted molar refractivity (Wildman–Crippen MR) is 154 cm³/mol. The highest BCUT2D eigenvalue weighted by Gasteiger charge is 2.49. The third-order valence-electron chi connectivity index (χ3n) is 9.07. The highest BCUT2D eigenvalue weighted by atomic mass is 16.2. The molecule has 2 aliphatic carbocycles. The summed E-state index contributed by atoms with van der Waals surface area (Å²) in [4.78, 5) is 54.4. The summed E-state index contributed by atoms with van der Waals surface area (Å²) in [6.07, 6.45) is 8.80. The topological polar surface area (TPSA) is 137 Å². The van der Waals surface area contributed by atoms with E-state index in [1.54, 1.807) is 31.3 Å². The number of amides is 5. The van der Waals surface area contributed by atoms with Crippen LogP contribution in [0.4, 0.5) is 10.5 Å². The molecule has 2 fully saturated rings. The summed E-state index contributed by atoms with van der Waals surface area (Å²) in [6, 6.07) is 6.61. The first-order valence-corrected chi connectivity index (χ1v) is 14.7. The second-order valence-corrected chi connectivity index (χ2v) is 11.7. The van der Waals surface area contributed by atoms with E-state index >= 15 is 0 Å². The van der Waals surface area contributed by atoms with Gasteiger partial charge in [0.25, 0.3) is 5.91 Å². The summed E-state index contributed by atoms with van der Waals surface area (Å²) in [7, 11) is 3.32. The van der Waals surface area contributed by atoms with Crippen molar-refractivity contribution in [2.75, 3.05) is 18.9 Å². The Morgan fingerprint density at radius 2 is 1.80 bits per heavy atom. The van der Waals surface area contributed by atoms with Crippen molar-refractivity contribution in [2.24, 2.45) is 13.0 Å². The van der Waals surface area contributed by atoms with Gasteiger partial charge in [-0.05, 0) is 80.7 Å². The molecular weight excluding hydrogens is 522 g/mol. The van der Waals surface area contributed by atoms with Gasteiger partial charge in [-0.25, -0.2) is 4.79 Å². The minimum absolute atomic E-state index is 0.0213. The van der Waals surface area contributed by atoms with Gasteiger partial charge in [0.1, 0.15) is 17.3 Å². The van der Waals surface area contributed by atoms with E-state index in [-0.39, 0.29) is 35.7 Å². The van der Waals surface area contributed by atoms with Crippen LogP contribution in [0.15, 0.2) is 30.5 Å². The first-order valence-electron chi connectivity index (χ1n) is 14.7. The Labute approximate surface area is 240 Å². The number of benzene rings is 1. The van der Waals surface area contributed by atoms with Gasteiger partial charge in [-0.1, -0.05) is 25.3 Å². The van der Waals surface area contributed by atoms with E-state index in [0.29, 0.717) is 43.6 Å². The third-order valence-corrected chi connectivity index (χ3v) is 9.07. The molecule has 5 amide bonds. The van der Waals surface area contributed by atoms with Crippen molar-refractivity contribution in [2.45, 2.75) is 82.3 Å². The number of carbonyl (C=O) groups excluding carboxylic acids is 4. The van der Waals surface area contributed by atoms with Gasteiger partial charge < -0.3 is 26.2 Å². The summed E-state index contributed by atoms with van der Waals surface area (Å²) in [5.74, 6) is -0.640. The molecule has 220 valence electrons. The first-order chi connectivity index (χ1) is 19.7. The molecule has 0 bridgehead atoms. The van der Waals surface area contributed by atoms with Crippen LogP contribution in [-0.4, -0.2) is 69.6 Å². The smallest absolute Gasteiger partial charge is 0.318 e. The average molecular weight is 564 g/mol. The maximum Gasteiger partial charge on any atom is 0.318 e. The number of nitrogens with zero attached hydrogens (tertiary/aromatic N) is 3. The minimum atomic E-state index is -0.936. The van der Waals surface area contributed by atoms with Gasteiger partial charge >= 0.3 is 6.03 Å². The van der Waals surface area contributed by atoms with Crippen LogP contribution in [0.3, 0.4) is 0 Å². The Bertz CT molecular complexity index is 1320. The summed E-state index contributed by atoms with van der Waals surface area (Å²) in [5.41, 5.74) is 2.28. The summed E-state index contributed by atoms with van der Waals surface area (Å²) in [5, 5.41) is 15.9. The Balaban J connectivity index is 1.34. The molecule has 1 aliphatic heterocycles.